The van der Waals surface area contributed by atoms with Crippen molar-refractivity contribution in [2.75, 3.05) is 11.9 Å². The number of pyridine rings is 2. The molecule has 0 spiro atoms. The molecule has 0 aromatic carbocycles. The molecule has 0 radical (unpaired) electrons. The van der Waals surface area contributed by atoms with Gasteiger partial charge in [0.1, 0.15) is 0 Å². The van der Waals surface area contributed by atoms with E-state index >= 15 is 0 Å². The van der Waals surface area contributed by atoms with Gasteiger partial charge in [-0.15, -0.1) is 0 Å². The monoisotopic (exact) mass is 350 g/mol. The van der Waals surface area contributed by atoms with Gasteiger partial charge < -0.3 is 14.5 Å². The largest absolute Gasteiger partial charge is 0.480 e. The van der Waals surface area contributed by atoms with Crippen LogP contribution >= 0.6 is 23.2 Å². The molecule has 3 aromatic heterocycles. The van der Waals surface area contributed by atoms with Crippen LogP contribution in [0.1, 0.15) is 5.69 Å². The molecule has 8 heteroatoms. The SMILES string of the molecule is Cc1cn2cccc(OCC(=O)Nc3ncc(Cl)cc3Cl)c2n1. The third-order valence-corrected chi connectivity index (χ3v) is 3.49. The first kappa shape index (κ1) is 15.6. The van der Waals surface area contributed by atoms with Gasteiger partial charge in [-0.3, -0.25) is 4.79 Å². The smallest absolute Gasteiger partial charge is 0.263 e. The summed E-state index contributed by atoms with van der Waals surface area (Å²) in [5, 5.41) is 3.22. The maximum absolute atomic E-state index is 12.0. The molecule has 23 heavy (non-hydrogen) atoms. The molecule has 0 aliphatic carbocycles. The minimum atomic E-state index is -0.382. The molecule has 118 valence electrons. The van der Waals surface area contributed by atoms with Gasteiger partial charge in [0, 0.05) is 18.6 Å². The third kappa shape index (κ3) is 3.55. The summed E-state index contributed by atoms with van der Waals surface area (Å²) in [5.74, 6) is 0.373. The molecule has 0 fully saturated rings. The average Bonchev–Trinajstić information content (AvgIpc) is 2.88. The first-order chi connectivity index (χ1) is 11.0. The second kappa shape index (κ2) is 6.44. The Morgan fingerprint density at radius 3 is 3.04 bits per heavy atom. The van der Waals surface area contributed by atoms with E-state index in [9.17, 15) is 4.79 Å². The average molecular weight is 351 g/mol. The van der Waals surface area contributed by atoms with E-state index in [4.69, 9.17) is 27.9 Å². The number of rotatable bonds is 4. The maximum Gasteiger partial charge on any atom is 0.263 e. The number of fused-ring (bicyclic) bond motifs is 1. The number of aromatic nitrogens is 3. The first-order valence-electron chi connectivity index (χ1n) is 6.71. The molecule has 1 N–H and O–H groups in total. The highest BCUT2D eigenvalue weighted by atomic mass is 35.5. The van der Waals surface area contributed by atoms with E-state index in [0.29, 0.717) is 16.4 Å². The van der Waals surface area contributed by atoms with Crippen LogP contribution in [-0.2, 0) is 4.79 Å². The molecule has 0 aliphatic rings. The zero-order valence-electron chi connectivity index (χ0n) is 12.1. The van der Waals surface area contributed by atoms with E-state index in [1.807, 2.05) is 29.8 Å². The lowest BCUT2D eigenvalue weighted by Gasteiger charge is -2.08. The van der Waals surface area contributed by atoms with Gasteiger partial charge in [-0.05, 0) is 25.1 Å². The van der Waals surface area contributed by atoms with Crippen LogP contribution in [0.2, 0.25) is 10.0 Å². The minimum absolute atomic E-state index is 0.188. The van der Waals surface area contributed by atoms with Crippen LogP contribution in [0.15, 0.2) is 36.8 Å². The number of hydrogen-bond donors (Lipinski definition) is 1. The summed E-state index contributed by atoms with van der Waals surface area (Å²) in [6, 6.07) is 5.07. The van der Waals surface area contributed by atoms with E-state index < -0.39 is 0 Å². The Bertz CT molecular complexity index is 879. The summed E-state index contributed by atoms with van der Waals surface area (Å²) in [6.07, 6.45) is 5.14. The topological polar surface area (TPSA) is 68.5 Å². The predicted molar refractivity (Wildman–Crippen MR) is 88.3 cm³/mol. The van der Waals surface area contributed by atoms with Crippen LogP contribution < -0.4 is 10.1 Å². The Kier molecular flexibility index (Phi) is 4.36. The number of hydrogen-bond acceptors (Lipinski definition) is 4. The number of carbonyl (C=O) groups excluding carboxylic acids is 1. The van der Waals surface area contributed by atoms with Crippen LogP contribution in [-0.4, -0.2) is 26.9 Å². The van der Waals surface area contributed by atoms with Gasteiger partial charge in [-0.25, -0.2) is 9.97 Å². The highest BCUT2D eigenvalue weighted by Crippen LogP contribution is 2.23. The molecule has 3 aromatic rings. The van der Waals surface area contributed by atoms with E-state index in [2.05, 4.69) is 15.3 Å². The number of halogens is 2. The Labute approximate surface area is 142 Å². The van der Waals surface area contributed by atoms with Crippen LogP contribution in [0, 0.1) is 6.92 Å². The lowest BCUT2D eigenvalue weighted by Crippen LogP contribution is -2.21. The minimum Gasteiger partial charge on any atom is -0.480 e. The lowest BCUT2D eigenvalue weighted by molar-refractivity contribution is -0.118. The number of anilines is 1. The Hall–Kier alpha value is -2.31. The molecule has 6 nitrogen and oxygen atoms in total. The van der Waals surface area contributed by atoms with Crippen molar-refractivity contribution in [1.29, 1.82) is 0 Å². The second-order valence-corrected chi connectivity index (χ2v) is 5.65. The van der Waals surface area contributed by atoms with Crippen molar-refractivity contribution in [3.8, 4) is 5.75 Å². The standard InChI is InChI=1S/C15H12Cl2N4O2/c1-9-7-21-4-2-3-12(15(21)19-9)23-8-13(22)20-14-11(17)5-10(16)6-18-14/h2-7H,8H2,1H3,(H,18,20,22). The molecular formula is C15H12Cl2N4O2. The van der Waals surface area contributed by atoms with Crippen molar-refractivity contribution in [2.24, 2.45) is 0 Å². The van der Waals surface area contributed by atoms with Crippen LogP contribution in [0.5, 0.6) is 5.75 Å². The fraction of sp³-hybridized carbons (Fsp3) is 0.133. The number of aryl methyl sites for hydroxylation is 1. The molecule has 0 atom stereocenters. The quantitative estimate of drug-likeness (QED) is 0.783. The van der Waals surface area contributed by atoms with Crippen molar-refractivity contribution < 1.29 is 9.53 Å². The number of nitrogens with one attached hydrogen (secondary N) is 1. The van der Waals surface area contributed by atoms with Gasteiger partial charge in [0.05, 0.1) is 15.7 Å². The number of nitrogens with zero attached hydrogens (tertiary/aromatic N) is 3. The van der Waals surface area contributed by atoms with E-state index in [0.717, 1.165) is 5.69 Å². The highest BCUT2D eigenvalue weighted by Gasteiger charge is 2.11. The highest BCUT2D eigenvalue weighted by molar-refractivity contribution is 6.36. The van der Waals surface area contributed by atoms with Gasteiger partial charge in [-0.2, -0.15) is 0 Å². The Balaban J connectivity index is 1.68. The van der Waals surface area contributed by atoms with Crippen molar-refractivity contribution in [2.45, 2.75) is 6.92 Å². The van der Waals surface area contributed by atoms with Gasteiger partial charge in [0.15, 0.2) is 23.8 Å². The molecule has 1 amide bonds. The third-order valence-electron chi connectivity index (χ3n) is 2.99. The number of carbonyl (C=O) groups is 1. The molecule has 0 bridgehead atoms. The zero-order chi connectivity index (χ0) is 16.4. The maximum atomic E-state index is 12.0. The fourth-order valence-corrected chi connectivity index (χ4v) is 2.47. The lowest BCUT2D eigenvalue weighted by atomic mass is 10.4. The Morgan fingerprint density at radius 1 is 1.43 bits per heavy atom. The molecule has 3 rings (SSSR count). The Morgan fingerprint density at radius 2 is 2.26 bits per heavy atom. The summed E-state index contributed by atoms with van der Waals surface area (Å²) < 4.78 is 7.37. The molecule has 0 saturated heterocycles. The first-order valence-corrected chi connectivity index (χ1v) is 7.46. The molecule has 0 unspecified atom stereocenters. The van der Waals surface area contributed by atoms with Gasteiger partial charge in [0.25, 0.3) is 5.91 Å². The van der Waals surface area contributed by atoms with E-state index in [1.165, 1.54) is 12.3 Å². The zero-order valence-corrected chi connectivity index (χ0v) is 13.6. The van der Waals surface area contributed by atoms with Crippen molar-refractivity contribution in [3.63, 3.8) is 0 Å². The van der Waals surface area contributed by atoms with Crippen LogP contribution in [0.3, 0.4) is 0 Å². The number of imidazole rings is 1. The normalized spacial score (nSPS) is 10.7. The number of amides is 1. The van der Waals surface area contributed by atoms with E-state index in [1.54, 1.807) is 6.07 Å². The van der Waals surface area contributed by atoms with Gasteiger partial charge >= 0.3 is 0 Å². The predicted octanol–water partition coefficient (Wildman–Crippen LogP) is 3.36. The van der Waals surface area contributed by atoms with Crippen molar-refractivity contribution >= 4 is 40.6 Å². The molecule has 3 heterocycles. The number of ether oxygens (including phenoxy) is 1. The molecule has 0 saturated carbocycles. The summed E-state index contributed by atoms with van der Waals surface area (Å²) in [5.41, 5.74) is 1.52. The fourth-order valence-electron chi connectivity index (χ4n) is 2.04. The van der Waals surface area contributed by atoms with Crippen molar-refractivity contribution in [3.05, 3.63) is 52.5 Å². The molecule has 0 aliphatic heterocycles. The summed E-state index contributed by atoms with van der Waals surface area (Å²) >= 11 is 11.7. The van der Waals surface area contributed by atoms with Crippen molar-refractivity contribution in [1.82, 2.24) is 14.4 Å². The van der Waals surface area contributed by atoms with Gasteiger partial charge in [0.2, 0.25) is 0 Å². The van der Waals surface area contributed by atoms with Crippen LogP contribution in [0.4, 0.5) is 5.82 Å². The van der Waals surface area contributed by atoms with Crippen LogP contribution in [0.25, 0.3) is 5.65 Å². The van der Waals surface area contributed by atoms with Gasteiger partial charge in [-0.1, -0.05) is 23.2 Å². The van der Waals surface area contributed by atoms with E-state index in [-0.39, 0.29) is 23.4 Å². The molecular weight excluding hydrogens is 339 g/mol. The summed E-state index contributed by atoms with van der Waals surface area (Å²) in [7, 11) is 0. The second-order valence-electron chi connectivity index (χ2n) is 4.81. The summed E-state index contributed by atoms with van der Waals surface area (Å²) in [4.78, 5) is 20.3. The summed E-state index contributed by atoms with van der Waals surface area (Å²) in [6.45, 7) is 1.70.